The van der Waals surface area contributed by atoms with Gasteiger partial charge in [-0.2, -0.15) is 4.52 Å². The molecule has 0 saturated carbocycles. The molecule has 0 bridgehead atoms. The second-order valence-corrected chi connectivity index (χ2v) is 11.4. The molecule has 0 spiro atoms. The molecule has 4 rings (SSSR count). The predicted octanol–water partition coefficient (Wildman–Crippen LogP) is 4.49. The minimum absolute atomic E-state index is 0.0224. The summed E-state index contributed by atoms with van der Waals surface area (Å²) >= 11 is 1.49. The Bertz CT molecular complexity index is 1090. The van der Waals surface area contributed by atoms with E-state index in [4.69, 9.17) is 10.1 Å². The second kappa shape index (κ2) is 11.4. The zero-order chi connectivity index (χ0) is 24.8. The summed E-state index contributed by atoms with van der Waals surface area (Å²) in [5, 5.41) is 12.2. The van der Waals surface area contributed by atoms with E-state index in [9.17, 15) is 4.79 Å². The van der Waals surface area contributed by atoms with Crippen molar-refractivity contribution in [2.24, 2.45) is 0 Å². The van der Waals surface area contributed by atoms with Gasteiger partial charge in [0, 0.05) is 24.7 Å². The number of imidazole rings is 1. The normalized spacial score (nSPS) is 15.2. The van der Waals surface area contributed by atoms with Crippen LogP contribution in [-0.2, 0) is 4.79 Å². The van der Waals surface area contributed by atoms with E-state index in [1.807, 2.05) is 34.7 Å². The number of carbonyl (C=O) groups is 1. The average Bonchev–Trinajstić information content (AvgIpc) is 3.25. The minimum Gasteiger partial charge on any atom is -0.364 e. The number of nitrogens with one attached hydrogen (secondary N) is 2. The van der Waals surface area contributed by atoms with Crippen molar-refractivity contribution >= 4 is 33.2 Å². The molecule has 35 heavy (non-hydrogen) atoms. The largest absolute Gasteiger partial charge is 0.364 e. The Morgan fingerprint density at radius 2 is 1.83 bits per heavy atom. The van der Waals surface area contributed by atoms with Gasteiger partial charge in [0.15, 0.2) is 5.82 Å². The number of anilines is 2. The monoisotopic (exact) mass is 497 g/mol. The van der Waals surface area contributed by atoms with Gasteiger partial charge in [-0.1, -0.05) is 54.5 Å². The number of carbonyl (C=O) groups excluding carboxylic acids is 1. The summed E-state index contributed by atoms with van der Waals surface area (Å²) in [6.07, 6.45) is 6.29. The molecule has 1 fully saturated rings. The maximum Gasteiger partial charge on any atom is 0.239 e. The van der Waals surface area contributed by atoms with Gasteiger partial charge in [-0.15, -0.1) is 5.10 Å². The Balaban J connectivity index is 1.38. The number of hydrogen-bond acceptors (Lipinski definition) is 7. The van der Waals surface area contributed by atoms with Crippen LogP contribution in [0.3, 0.4) is 0 Å². The van der Waals surface area contributed by atoms with Crippen molar-refractivity contribution in [3.8, 4) is 11.3 Å². The lowest BCUT2D eigenvalue weighted by Gasteiger charge is -2.22. The Hall–Kier alpha value is -2.65. The van der Waals surface area contributed by atoms with Gasteiger partial charge in [0.05, 0.1) is 6.54 Å². The number of nitrogens with zero attached hydrogens (tertiary/aromatic N) is 5. The van der Waals surface area contributed by atoms with Gasteiger partial charge in [-0.05, 0) is 59.7 Å². The first-order valence-electron chi connectivity index (χ1n) is 12.7. The molecule has 1 aromatic carbocycles. The lowest BCUT2D eigenvalue weighted by atomic mass is 10.1. The molecule has 1 amide bonds. The number of likely N-dealkylation sites (N-methyl/N-ethyl adjacent to an activating group) is 1. The van der Waals surface area contributed by atoms with Crippen molar-refractivity contribution in [1.82, 2.24) is 24.8 Å². The lowest BCUT2D eigenvalue weighted by Crippen LogP contribution is -2.37. The first kappa shape index (κ1) is 25.4. The first-order valence-corrected chi connectivity index (χ1v) is 13.6. The van der Waals surface area contributed by atoms with E-state index in [1.54, 1.807) is 0 Å². The van der Waals surface area contributed by atoms with E-state index in [2.05, 4.69) is 48.4 Å². The van der Waals surface area contributed by atoms with Crippen LogP contribution in [0, 0.1) is 0 Å². The minimum atomic E-state index is -0.150. The molecule has 0 atom stereocenters. The molecular weight excluding hydrogens is 458 g/mol. The summed E-state index contributed by atoms with van der Waals surface area (Å²) < 4.78 is 1.86. The van der Waals surface area contributed by atoms with Gasteiger partial charge in [-0.25, -0.2) is 4.98 Å². The van der Waals surface area contributed by atoms with Crippen LogP contribution < -0.4 is 15.5 Å². The molecule has 9 heteroatoms. The number of benzene rings is 1. The Labute approximate surface area is 212 Å². The molecule has 0 unspecified atom stereocenters. The summed E-state index contributed by atoms with van der Waals surface area (Å²) in [6.45, 7) is 10.8. The number of aromatic nitrogens is 3. The molecule has 0 radical (unpaired) electrons. The number of hydrogen-bond donors (Lipinski definition) is 2. The van der Waals surface area contributed by atoms with Crippen LogP contribution in [0.15, 0.2) is 30.3 Å². The van der Waals surface area contributed by atoms with E-state index in [0.29, 0.717) is 6.54 Å². The van der Waals surface area contributed by atoms with Gasteiger partial charge >= 0.3 is 0 Å². The Morgan fingerprint density at radius 3 is 2.51 bits per heavy atom. The first-order chi connectivity index (χ1) is 16.8. The van der Waals surface area contributed by atoms with Crippen molar-refractivity contribution in [2.45, 2.75) is 58.4 Å². The highest BCUT2D eigenvalue weighted by Gasteiger charge is 2.23. The van der Waals surface area contributed by atoms with E-state index in [0.717, 1.165) is 40.1 Å². The van der Waals surface area contributed by atoms with Crippen molar-refractivity contribution in [3.63, 3.8) is 0 Å². The Kier molecular flexibility index (Phi) is 8.28. The van der Waals surface area contributed by atoms with Crippen LogP contribution in [0.2, 0.25) is 0 Å². The Morgan fingerprint density at radius 1 is 1.11 bits per heavy atom. The van der Waals surface area contributed by atoms with E-state index in [-0.39, 0.29) is 18.0 Å². The maximum atomic E-state index is 12.6. The molecule has 1 saturated heterocycles. The van der Waals surface area contributed by atoms with Gasteiger partial charge in [-0.3, -0.25) is 4.79 Å². The molecule has 2 aromatic heterocycles. The van der Waals surface area contributed by atoms with Crippen molar-refractivity contribution in [2.75, 3.05) is 50.0 Å². The molecule has 2 N–H and O–H groups in total. The van der Waals surface area contributed by atoms with E-state index < -0.39 is 0 Å². The van der Waals surface area contributed by atoms with Gasteiger partial charge in [0.2, 0.25) is 16.0 Å². The molecule has 1 aliphatic rings. The maximum absolute atomic E-state index is 12.6. The molecule has 190 valence electrons. The molecule has 1 aliphatic heterocycles. The fourth-order valence-electron chi connectivity index (χ4n) is 4.39. The van der Waals surface area contributed by atoms with E-state index in [1.165, 1.54) is 50.1 Å². The summed E-state index contributed by atoms with van der Waals surface area (Å²) in [4.78, 5) is 22.7. The van der Waals surface area contributed by atoms with Crippen LogP contribution in [0.1, 0.15) is 52.9 Å². The average molecular weight is 498 g/mol. The number of rotatable bonds is 9. The fraction of sp³-hybridized carbons (Fsp3) is 0.577. The fourth-order valence-corrected chi connectivity index (χ4v) is 5.25. The molecule has 0 aliphatic carbocycles. The van der Waals surface area contributed by atoms with Crippen LogP contribution in [0.4, 0.5) is 10.9 Å². The highest BCUT2D eigenvalue weighted by Crippen LogP contribution is 2.34. The van der Waals surface area contributed by atoms with Crippen LogP contribution >= 0.6 is 11.3 Å². The van der Waals surface area contributed by atoms with Crippen LogP contribution in [0.25, 0.3) is 16.2 Å². The van der Waals surface area contributed by atoms with Crippen molar-refractivity contribution in [1.29, 1.82) is 0 Å². The van der Waals surface area contributed by atoms with Gasteiger partial charge < -0.3 is 20.4 Å². The standard InChI is InChI=1S/C26H39N7OS/c1-26(2,3)29-23-22(20-13-8-7-9-14-20)28-24-33(23)30-25(35-24)31(4)19-21(34)27-15-12-18-32-16-10-5-6-11-17-32/h7-9,13-14,29H,5-6,10-12,15-19H2,1-4H3,(H,27,34). The third-order valence-corrected chi connectivity index (χ3v) is 7.14. The number of amides is 1. The quantitative estimate of drug-likeness (QED) is 0.424. The van der Waals surface area contributed by atoms with Crippen molar-refractivity contribution < 1.29 is 4.79 Å². The molecule has 3 heterocycles. The zero-order valence-corrected chi connectivity index (χ0v) is 22.3. The summed E-state index contributed by atoms with van der Waals surface area (Å²) in [5.41, 5.74) is 1.78. The van der Waals surface area contributed by atoms with Crippen LogP contribution in [0.5, 0.6) is 0 Å². The second-order valence-electron chi connectivity index (χ2n) is 10.4. The summed E-state index contributed by atoms with van der Waals surface area (Å²) in [7, 11) is 1.91. The summed E-state index contributed by atoms with van der Waals surface area (Å²) in [6, 6.07) is 10.2. The van der Waals surface area contributed by atoms with Crippen molar-refractivity contribution in [3.05, 3.63) is 30.3 Å². The topological polar surface area (TPSA) is 77.8 Å². The summed E-state index contributed by atoms with van der Waals surface area (Å²) in [5.74, 6) is 0.891. The highest BCUT2D eigenvalue weighted by molar-refractivity contribution is 7.20. The molecule has 8 nitrogen and oxygen atoms in total. The van der Waals surface area contributed by atoms with Gasteiger partial charge in [0.1, 0.15) is 5.69 Å². The van der Waals surface area contributed by atoms with Crippen LogP contribution in [-0.4, -0.2) is 70.7 Å². The third-order valence-electron chi connectivity index (χ3n) is 6.11. The van der Waals surface area contributed by atoms with E-state index >= 15 is 0 Å². The highest BCUT2D eigenvalue weighted by atomic mass is 32.1. The predicted molar refractivity (Wildman–Crippen MR) is 145 cm³/mol. The SMILES string of the molecule is CN(CC(=O)NCCCN1CCCCCC1)c1nn2c(NC(C)(C)C)c(-c3ccccc3)nc2s1. The third kappa shape index (κ3) is 6.95. The smallest absolute Gasteiger partial charge is 0.239 e. The molecular formula is C26H39N7OS. The number of likely N-dealkylation sites (tertiary alicyclic amines) is 1. The van der Waals surface area contributed by atoms with Gasteiger partial charge in [0.25, 0.3) is 0 Å². The number of fused-ring (bicyclic) bond motifs is 1. The zero-order valence-electron chi connectivity index (χ0n) is 21.5. The lowest BCUT2D eigenvalue weighted by molar-refractivity contribution is -0.119. The molecule has 3 aromatic rings.